The fraction of sp³-hybridized carbons (Fsp3) is 0.400. The van der Waals surface area contributed by atoms with E-state index in [1.54, 1.807) is 0 Å². The van der Waals surface area contributed by atoms with Gasteiger partial charge >= 0.3 is 4.87 Å². The van der Waals surface area contributed by atoms with Gasteiger partial charge in [-0.3, -0.25) is 4.79 Å². The van der Waals surface area contributed by atoms with Gasteiger partial charge in [-0.05, 0) is 67.7 Å². The van der Waals surface area contributed by atoms with E-state index < -0.39 is 0 Å². The summed E-state index contributed by atoms with van der Waals surface area (Å²) in [6.07, 6.45) is 3.94. The van der Waals surface area contributed by atoms with E-state index in [2.05, 4.69) is 42.2 Å². The molecule has 3 aliphatic rings. The van der Waals surface area contributed by atoms with Crippen LogP contribution in [0, 0.1) is 24.7 Å². The van der Waals surface area contributed by atoms with Gasteiger partial charge in [0.05, 0.1) is 5.03 Å². The van der Waals surface area contributed by atoms with Gasteiger partial charge in [0.2, 0.25) is 0 Å². The second-order valence-electron chi connectivity index (χ2n) is 9.14. The van der Waals surface area contributed by atoms with Crippen molar-refractivity contribution in [3.05, 3.63) is 78.7 Å². The Bertz CT molecular complexity index is 1200. The van der Waals surface area contributed by atoms with Crippen LogP contribution in [0.3, 0.4) is 0 Å². The average Bonchev–Trinajstić information content (AvgIpc) is 3.45. The standard InChI is InChI=1S/C25H24ClNO2S2/c1-13-3-2-4-14(9-13)12-29-19-8-7-17(26)11-18(19)21-20-15-5-6-16(10-15)22(20)30-24-23(21)31-25(28)27-24/h2-4,7-9,11,15-16,20-22H,5-6,10,12H2,1H3,(H,27,28)/t15?,16?,20?,21-,22?/m1/s1. The number of H-pyrrole nitrogens is 1. The molecule has 0 amide bonds. The molecule has 5 atom stereocenters. The van der Waals surface area contributed by atoms with Crippen LogP contribution >= 0.6 is 34.7 Å². The van der Waals surface area contributed by atoms with Gasteiger partial charge in [-0.1, -0.05) is 52.8 Å². The van der Waals surface area contributed by atoms with E-state index in [4.69, 9.17) is 16.3 Å². The van der Waals surface area contributed by atoms with Crippen LogP contribution in [0.4, 0.5) is 0 Å². The van der Waals surface area contributed by atoms with Gasteiger partial charge in [-0.25, -0.2) is 0 Å². The predicted molar refractivity (Wildman–Crippen MR) is 128 cm³/mol. The molecule has 2 bridgehead atoms. The van der Waals surface area contributed by atoms with Crippen molar-refractivity contribution in [1.29, 1.82) is 0 Å². The fourth-order valence-corrected chi connectivity index (χ4v) is 9.12. The predicted octanol–water partition coefficient (Wildman–Crippen LogP) is 6.63. The van der Waals surface area contributed by atoms with Gasteiger partial charge < -0.3 is 9.72 Å². The molecule has 6 rings (SSSR count). The number of hydrogen-bond donors (Lipinski definition) is 1. The SMILES string of the molecule is Cc1cccc(COc2ccc(Cl)cc2[C@H]2c3sc(=O)[nH]c3SC3C4CCC(C4)C32)c1. The summed E-state index contributed by atoms with van der Waals surface area (Å²) in [5, 5.41) is 2.36. The monoisotopic (exact) mass is 469 g/mol. The number of hydrogen-bond acceptors (Lipinski definition) is 4. The molecule has 2 saturated carbocycles. The van der Waals surface area contributed by atoms with Gasteiger partial charge in [-0.2, -0.15) is 0 Å². The Hall–Kier alpha value is -1.69. The summed E-state index contributed by atoms with van der Waals surface area (Å²) in [6.45, 7) is 2.62. The summed E-state index contributed by atoms with van der Waals surface area (Å²) in [7, 11) is 0. The highest BCUT2D eigenvalue weighted by Gasteiger charge is 2.55. The summed E-state index contributed by atoms with van der Waals surface area (Å²) in [5.41, 5.74) is 3.53. The number of benzene rings is 2. The first kappa shape index (κ1) is 20.0. The smallest absolute Gasteiger partial charge is 0.305 e. The zero-order valence-corrected chi connectivity index (χ0v) is 19.7. The summed E-state index contributed by atoms with van der Waals surface area (Å²) in [4.78, 5) is 16.7. The number of ether oxygens (including phenoxy) is 1. The van der Waals surface area contributed by atoms with Crippen LogP contribution < -0.4 is 9.61 Å². The molecule has 3 nitrogen and oxygen atoms in total. The molecule has 3 aromatic rings. The third kappa shape index (κ3) is 3.46. The second-order valence-corrected chi connectivity index (χ2v) is 11.8. The first-order chi connectivity index (χ1) is 15.1. The van der Waals surface area contributed by atoms with Crippen molar-refractivity contribution in [3.63, 3.8) is 0 Å². The molecule has 2 aliphatic carbocycles. The highest BCUT2D eigenvalue weighted by Crippen LogP contribution is 2.64. The second kappa shape index (κ2) is 7.72. The molecule has 160 valence electrons. The number of thioether (sulfide) groups is 1. The lowest BCUT2D eigenvalue weighted by Crippen LogP contribution is -2.33. The zero-order chi connectivity index (χ0) is 21.1. The molecule has 0 saturated heterocycles. The van der Waals surface area contributed by atoms with E-state index in [-0.39, 0.29) is 10.8 Å². The lowest BCUT2D eigenvalue weighted by molar-refractivity contribution is 0.280. The van der Waals surface area contributed by atoms with Gasteiger partial charge in [0.1, 0.15) is 12.4 Å². The van der Waals surface area contributed by atoms with Crippen LogP contribution in [0.15, 0.2) is 52.3 Å². The summed E-state index contributed by atoms with van der Waals surface area (Å²) in [6, 6.07) is 14.4. The Morgan fingerprint density at radius 1 is 1.16 bits per heavy atom. The molecule has 2 aromatic carbocycles. The molecule has 2 heterocycles. The van der Waals surface area contributed by atoms with E-state index in [1.165, 1.54) is 41.0 Å². The number of fused-ring (bicyclic) bond motifs is 6. The van der Waals surface area contributed by atoms with Gasteiger partial charge in [0.25, 0.3) is 0 Å². The molecule has 1 N–H and O–H groups in total. The van der Waals surface area contributed by atoms with Crippen molar-refractivity contribution in [2.45, 2.75) is 49.0 Å². The van der Waals surface area contributed by atoms with Crippen molar-refractivity contribution >= 4 is 34.7 Å². The van der Waals surface area contributed by atoms with Gasteiger partial charge in [0, 0.05) is 26.6 Å². The largest absolute Gasteiger partial charge is 0.489 e. The lowest BCUT2D eigenvalue weighted by atomic mass is 9.74. The molecular formula is C25H24ClNO2S2. The summed E-state index contributed by atoms with van der Waals surface area (Å²) in [5.74, 6) is 3.08. The van der Waals surface area contributed by atoms with Crippen LogP contribution in [0.2, 0.25) is 5.02 Å². The van der Waals surface area contributed by atoms with Crippen LogP contribution in [0.5, 0.6) is 5.75 Å². The maximum Gasteiger partial charge on any atom is 0.305 e. The first-order valence-electron chi connectivity index (χ1n) is 10.9. The highest BCUT2D eigenvalue weighted by molar-refractivity contribution is 8.00. The Kier molecular flexibility index (Phi) is 4.97. The highest BCUT2D eigenvalue weighted by atomic mass is 35.5. The molecule has 6 heteroatoms. The summed E-state index contributed by atoms with van der Waals surface area (Å²) >= 11 is 9.78. The topological polar surface area (TPSA) is 42.1 Å². The molecule has 31 heavy (non-hydrogen) atoms. The number of aromatic amines is 1. The lowest BCUT2D eigenvalue weighted by Gasteiger charge is -2.40. The van der Waals surface area contributed by atoms with Crippen molar-refractivity contribution < 1.29 is 4.74 Å². The van der Waals surface area contributed by atoms with E-state index in [1.807, 2.05) is 23.9 Å². The molecular weight excluding hydrogens is 446 g/mol. The minimum absolute atomic E-state index is 0.0408. The molecule has 2 fully saturated rings. The van der Waals surface area contributed by atoms with E-state index in [0.717, 1.165) is 38.8 Å². The minimum atomic E-state index is 0.0408. The van der Waals surface area contributed by atoms with Crippen LogP contribution in [0.25, 0.3) is 0 Å². The molecule has 1 aromatic heterocycles. The van der Waals surface area contributed by atoms with Crippen LogP contribution in [0.1, 0.15) is 46.7 Å². The van der Waals surface area contributed by atoms with Crippen molar-refractivity contribution in [3.8, 4) is 5.75 Å². The van der Waals surface area contributed by atoms with E-state index in [9.17, 15) is 4.79 Å². The number of aromatic nitrogens is 1. The first-order valence-corrected chi connectivity index (χ1v) is 13.0. The van der Waals surface area contributed by atoms with Gasteiger partial charge in [-0.15, -0.1) is 11.8 Å². The third-order valence-electron chi connectivity index (χ3n) is 7.25. The normalized spacial score (nSPS) is 28.4. The van der Waals surface area contributed by atoms with Gasteiger partial charge in [0.15, 0.2) is 0 Å². The fourth-order valence-electron chi connectivity index (χ4n) is 6.05. The maximum absolute atomic E-state index is 12.3. The Morgan fingerprint density at radius 3 is 2.90 bits per heavy atom. The Morgan fingerprint density at radius 2 is 2.03 bits per heavy atom. The molecule has 4 unspecified atom stereocenters. The molecule has 0 radical (unpaired) electrons. The third-order valence-corrected chi connectivity index (χ3v) is 10.1. The van der Waals surface area contributed by atoms with Crippen molar-refractivity contribution in [2.75, 3.05) is 0 Å². The zero-order valence-electron chi connectivity index (χ0n) is 17.3. The number of rotatable bonds is 4. The number of thiazole rings is 1. The maximum atomic E-state index is 12.3. The van der Waals surface area contributed by atoms with Crippen LogP contribution in [-0.4, -0.2) is 10.2 Å². The van der Waals surface area contributed by atoms with E-state index in [0.29, 0.717) is 17.8 Å². The van der Waals surface area contributed by atoms with Crippen LogP contribution in [-0.2, 0) is 6.61 Å². The average molecular weight is 470 g/mol. The molecule has 1 aliphatic heterocycles. The van der Waals surface area contributed by atoms with E-state index >= 15 is 0 Å². The minimum Gasteiger partial charge on any atom is -0.489 e. The summed E-state index contributed by atoms with van der Waals surface area (Å²) < 4.78 is 6.39. The Labute approximate surface area is 195 Å². The molecule has 0 spiro atoms. The number of nitrogens with one attached hydrogen (secondary N) is 1. The number of aryl methyl sites for hydroxylation is 1. The Balaban J connectivity index is 1.42. The number of halogens is 1. The quantitative estimate of drug-likeness (QED) is 0.466. The van der Waals surface area contributed by atoms with Crippen molar-refractivity contribution in [1.82, 2.24) is 4.98 Å². The van der Waals surface area contributed by atoms with Crippen molar-refractivity contribution in [2.24, 2.45) is 17.8 Å².